The Bertz CT molecular complexity index is 329. The Labute approximate surface area is 117 Å². The van der Waals surface area contributed by atoms with E-state index in [-0.39, 0.29) is 12.0 Å². The Morgan fingerprint density at radius 1 is 1.21 bits per heavy atom. The van der Waals surface area contributed by atoms with E-state index in [4.69, 9.17) is 5.73 Å². The molecule has 1 saturated heterocycles. The first-order valence-electron chi connectivity index (χ1n) is 7.94. The topological polar surface area (TPSA) is 46.3 Å². The number of likely N-dealkylation sites (tertiary alicyclic amines) is 1. The Balaban J connectivity index is 1.96. The van der Waals surface area contributed by atoms with Crippen LogP contribution < -0.4 is 5.73 Å². The van der Waals surface area contributed by atoms with E-state index in [0.717, 1.165) is 25.9 Å². The number of hydrogen-bond donors (Lipinski definition) is 1. The first-order valence-corrected chi connectivity index (χ1v) is 7.94. The number of carbonyl (C=O) groups is 1. The molecule has 0 aromatic carbocycles. The molecule has 1 saturated carbocycles. The van der Waals surface area contributed by atoms with Crippen LogP contribution in [0.5, 0.6) is 0 Å². The summed E-state index contributed by atoms with van der Waals surface area (Å²) in [7, 11) is 0. The van der Waals surface area contributed by atoms with Gasteiger partial charge in [0.05, 0.1) is 0 Å². The highest BCUT2D eigenvalue weighted by Gasteiger charge is 2.39. The highest BCUT2D eigenvalue weighted by atomic mass is 16.2. The predicted octanol–water partition coefficient (Wildman–Crippen LogP) is 2.50. The first-order chi connectivity index (χ1) is 8.90. The number of nitrogens with zero attached hydrogens (tertiary/aromatic N) is 1. The van der Waals surface area contributed by atoms with E-state index in [1.54, 1.807) is 0 Å². The molecule has 0 radical (unpaired) electrons. The van der Waals surface area contributed by atoms with Gasteiger partial charge in [-0.3, -0.25) is 4.79 Å². The van der Waals surface area contributed by atoms with Crippen LogP contribution in [-0.2, 0) is 4.79 Å². The van der Waals surface area contributed by atoms with Crippen molar-refractivity contribution < 1.29 is 4.79 Å². The van der Waals surface area contributed by atoms with Gasteiger partial charge in [-0.05, 0) is 42.9 Å². The summed E-state index contributed by atoms with van der Waals surface area (Å²) in [5.41, 5.74) is 6.17. The lowest BCUT2D eigenvalue weighted by molar-refractivity contribution is -0.138. The Morgan fingerprint density at radius 3 is 2.47 bits per heavy atom. The van der Waals surface area contributed by atoms with Crippen LogP contribution >= 0.6 is 0 Å². The predicted molar refractivity (Wildman–Crippen MR) is 78.6 cm³/mol. The standard InChI is InChI=1S/C16H30N2O/c1-10(2)13-5-6-18(9-13)16(19)14-8-15(17)12(4)7-11(14)3/h10-15H,5-9,17H2,1-4H3. The van der Waals surface area contributed by atoms with Crippen LogP contribution in [-0.4, -0.2) is 29.9 Å². The molecule has 0 bridgehead atoms. The van der Waals surface area contributed by atoms with E-state index in [0.29, 0.717) is 29.6 Å². The second-order valence-electron chi connectivity index (χ2n) is 7.27. The number of hydrogen-bond acceptors (Lipinski definition) is 2. The molecule has 19 heavy (non-hydrogen) atoms. The van der Waals surface area contributed by atoms with Gasteiger partial charge in [0.2, 0.25) is 5.91 Å². The second kappa shape index (κ2) is 5.82. The van der Waals surface area contributed by atoms with Gasteiger partial charge >= 0.3 is 0 Å². The van der Waals surface area contributed by atoms with Crippen LogP contribution in [0, 0.1) is 29.6 Å². The van der Waals surface area contributed by atoms with Crippen LogP contribution in [0.25, 0.3) is 0 Å². The maximum absolute atomic E-state index is 12.7. The summed E-state index contributed by atoms with van der Waals surface area (Å²) >= 11 is 0. The van der Waals surface area contributed by atoms with Crippen LogP contribution in [0.15, 0.2) is 0 Å². The van der Waals surface area contributed by atoms with Crippen LogP contribution in [0.4, 0.5) is 0 Å². The molecule has 3 heteroatoms. The molecular formula is C16H30N2O. The lowest BCUT2D eigenvalue weighted by Gasteiger charge is -2.38. The molecule has 0 aromatic rings. The van der Waals surface area contributed by atoms with Crippen LogP contribution in [0.3, 0.4) is 0 Å². The van der Waals surface area contributed by atoms with Crippen molar-refractivity contribution in [1.29, 1.82) is 0 Å². The van der Waals surface area contributed by atoms with Gasteiger partial charge in [0.25, 0.3) is 0 Å². The SMILES string of the molecule is CC(C)C1CCN(C(=O)C2CC(N)C(C)CC2C)C1. The van der Waals surface area contributed by atoms with Gasteiger partial charge in [-0.15, -0.1) is 0 Å². The smallest absolute Gasteiger partial charge is 0.226 e. The average molecular weight is 266 g/mol. The molecule has 5 atom stereocenters. The monoisotopic (exact) mass is 266 g/mol. The largest absolute Gasteiger partial charge is 0.342 e. The third-order valence-electron chi connectivity index (χ3n) is 5.48. The minimum Gasteiger partial charge on any atom is -0.342 e. The maximum atomic E-state index is 12.7. The fourth-order valence-electron chi connectivity index (χ4n) is 3.79. The molecule has 2 aliphatic rings. The summed E-state index contributed by atoms with van der Waals surface area (Å²) in [5, 5.41) is 0. The van der Waals surface area contributed by atoms with E-state index in [9.17, 15) is 4.79 Å². The van der Waals surface area contributed by atoms with E-state index < -0.39 is 0 Å². The van der Waals surface area contributed by atoms with Crippen molar-refractivity contribution in [3.05, 3.63) is 0 Å². The zero-order valence-corrected chi connectivity index (χ0v) is 12.9. The molecule has 2 fully saturated rings. The summed E-state index contributed by atoms with van der Waals surface area (Å²) in [6.07, 6.45) is 3.15. The molecule has 1 amide bonds. The molecule has 5 unspecified atom stereocenters. The normalized spacial score (nSPS) is 39.9. The van der Waals surface area contributed by atoms with Gasteiger partial charge in [-0.1, -0.05) is 27.7 Å². The lowest BCUT2D eigenvalue weighted by Crippen LogP contribution is -2.46. The second-order valence-corrected chi connectivity index (χ2v) is 7.27. The van der Waals surface area contributed by atoms with Gasteiger partial charge in [0, 0.05) is 25.0 Å². The molecule has 1 heterocycles. The number of amides is 1. The van der Waals surface area contributed by atoms with Gasteiger partial charge in [-0.25, -0.2) is 0 Å². The minimum absolute atomic E-state index is 0.164. The van der Waals surface area contributed by atoms with Crippen molar-refractivity contribution in [2.75, 3.05) is 13.1 Å². The van der Waals surface area contributed by atoms with Crippen molar-refractivity contribution >= 4 is 5.91 Å². The summed E-state index contributed by atoms with van der Waals surface area (Å²) in [6.45, 7) is 10.9. The van der Waals surface area contributed by atoms with E-state index in [1.165, 1.54) is 6.42 Å². The van der Waals surface area contributed by atoms with Gasteiger partial charge in [0.15, 0.2) is 0 Å². The van der Waals surface area contributed by atoms with Crippen molar-refractivity contribution in [3.8, 4) is 0 Å². The van der Waals surface area contributed by atoms with E-state index in [2.05, 4.69) is 32.6 Å². The van der Waals surface area contributed by atoms with Gasteiger partial charge < -0.3 is 10.6 Å². The highest BCUT2D eigenvalue weighted by Crippen LogP contribution is 2.35. The molecule has 0 aromatic heterocycles. The third kappa shape index (κ3) is 3.13. The fraction of sp³-hybridized carbons (Fsp3) is 0.938. The molecule has 0 spiro atoms. The maximum Gasteiger partial charge on any atom is 0.226 e. The lowest BCUT2D eigenvalue weighted by atomic mass is 9.72. The molecule has 2 N–H and O–H groups in total. The molecule has 2 rings (SSSR count). The van der Waals surface area contributed by atoms with Crippen molar-refractivity contribution in [3.63, 3.8) is 0 Å². The Morgan fingerprint density at radius 2 is 1.89 bits per heavy atom. The van der Waals surface area contributed by atoms with Crippen molar-refractivity contribution in [2.45, 2.75) is 53.0 Å². The van der Waals surface area contributed by atoms with Gasteiger partial charge in [0.1, 0.15) is 0 Å². The summed E-state index contributed by atoms with van der Waals surface area (Å²) in [5.74, 6) is 2.95. The molecule has 1 aliphatic carbocycles. The number of rotatable bonds is 2. The fourth-order valence-corrected chi connectivity index (χ4v) is 3.79. The third-order valence-corrected chi connectivity index (χ3v) is 5.48. The number of nitrogens with two attached hydrogens (primary N) is 1. The van der Waals surface area contributed by atoms with Crippen LogP contribution in [0.1, 0.15) is 47.0 Å². The first kappa shape index (κ1) is 14.8. The van der Waals surface area contributed by atoms with E-state index in [1.807, 2.05) is 0 Å². The van der Waals surface area contributed by atoms with Crippen molar-refractivity contribution in [1.82, 2.24) is 4.90 Å². The Hall–Kier alpha value is -0.570. The number of carbonyl (C=O) groups excluding carboxylic acids is 1. The molecule has 3 nitrogen and oxygen atoms in total. The minimum atomic E-state index is 0.164. The van der Waals surface area contributed by atoms with Gasteiger partial charge in [-0.2, -0.15) is 0 Å². The van der Waals surface area contributed by atoms with Crippen LogP contribution in [0.2, 0.25) is 0 Å². The van der Waals surface area contributed by atoms with E-state index >= 15 is 0 Å². The summed E-state index contributed by atoms with van der Waals surface area (Å²) in [4.78, 5) is 14.8. The zero-order valence-electron chi connectivity index (χ0n) is 12.9. The Kier molecular flexibility index (Phi) is 4.54. The average Bonchev–Trinajstić information content (AvgIpc) is 2.82. The summed E-state index contributed by atoms with van der Waals surface area (Å²) in [6, 6.07) is 0.202. The highest BCUT2D eigenvalue weighted by molar-refractivity contribution is 5.79. The zero-order chi connectivity index (χ0) is 14.2. The molecule has 1 aliphatic heterocycles. The molecular weight excluding hydrogens is 236 g/mol. The quantitative estimate of drug-likeness (QED) is 0.834. The summed E-state index contributed by atoms with van der Waals surface area (Å²) < 4.78 is 0. The molecule has 110 valence electrons. The van der Waals surface area contributed by atoms with Crippen molar-refractivity contribution in [2.24, 2.45) is 35.3 Å².